The highest BCUT2D eigenvalue weighted by molar-refractivity contribution is 5.96. The van der Waals surface area contributed by atoms with Crippen LogP contribution in [0.3, 0.4) is 0 Å². The van der Waals surface area contributed by atoms with Gasteiger partial charge in [0.2, 0.25) is 5.91 Å². The molecular formula is C24H26FN5O2. The first-order valence-corrected chi connectivity index (χ1v) is 10.9. The maximum Gasteiger partial charge on any atom is 0.256 e. The lowest BCUT2D eigenvalue weighted by molar-refractivity contribution is -0.135. The van der Waals surface area contributed by atoms with Gasteiger partial charge in [-0.05, 0) is 55.2 Å². The molecule has 2 fully saturated rings. The Morgan fingerprint density at radius 1 is 1.00 bits per heavy atom. The van der Waals surface area contributed by atoms with Crippen molar-refractivity contribution < 1.29 is 14.0 Å². The molecule has 2 heterocycles. The summed E-state index contributed by atoms with van der Waals surface area (Å²) in [7, 11) is 1.89. The second kappa shape index (κ2) is 7.41. The number of halogens is 1. The normalized spacial score (nSPS) is 17.6. The predicted octanol–water partition coefficient (Wildman–Crippen LogP) is 2.46. The Morgan fingerprint density at radius 2 is 1.62 bits per heavy atom. The van der Waals surface area contributed by atoms with Crippen molar-refractivity contribution in [2.75, 3.05) is 26.2 Å². The van der Waals surface area contributed by atoms with E-state index in [2.05, 4.69) is 5.10 Å². The molecule has 2 aromatic carbocycles. The van der Waals surface area contributed by atoms with Crippen LogP contribution in [0.15, 0.2) is 36.4 Å². The zero-order valence-electron chi connectivity index (χ0n) is 18.3. The molecule has 5 rings (SSSR count). The van der Waals surface area contributed by atoms with Gasteiger partial charge in [0.1, 0.15) is 5.82 Å². The van der Waals surface area contributed by atoms with Crippen LogP contribution < -0.4 is 5.73 Å². The van der Waals surface area contributed by atoms with Gasteiger partial charge in [-0.2, -0.15) is 5.10 Å². The highest BCUT2D eigenvalue weighted by Crippen LogP contribution is 2.34. The molecule has 1 saturated carbocycles. The van der Waals surface area contributed by atoms with Gasteiger partial charge in [-0.25, -0.2) is 4.39 Å². The SMILES string of the molecule is Cc1nn(C)c2ccc(-c3ccc(C(=O)N4CCN(C(=O)C5(N)CC5)CC4)c(F)c3)cc12. The largest absolute Gasteiger partial charge is 0.338 e. The Morgan fingerprint density at radius 3 is 2.28 bits per heavy atom. The number of hydrogen-bond acceptors (Lipinski definition) is 4. The third kappa shape index (κ3) is 3.44. The minimum Gasteiger partial charge on any atom is -0.338 e. The van der Waals surface area contributed by atoms with Crippen molar-refractivity contribution in [1.82, 2.24) is 19.6 Å². The van der Waals surface area contributed by atoms with Crippen molar-refractivity contribution in [3.63, 3.8) is 0 Å². The van der Waals surface area contributed by atoms with Crippen LogP contribution in [0, 0.1) is 12.7 Å². The zero-order chi connectivity index (χ0) is 22.6. The molecule has 1 aliphatic carbocycles. The van der Waals surface area contributed by atoms with Crippen LogP contribution in [0.4, 0.5) is 4.39 Å². The van der Waals surface area contributed by atoms with E-state index in [0.29, 0.717) is 31.7 Å². The number of nitrogens with two attached hydrogens (primary N) is 1. The third-order valence-electron chi connectivity index (χ3n) is 6.64. The Bertz CT molecular complexity index is 1240. The number of carbonyl (C=O) groups is 2. The Labute approximate surface area is 185 Å². The smallest absolute Gasteiger partial charge is 0.256 e. The topological polar surface area (TPSA) is 84.5 Å². The second-order valence-corrected chi connectivity index (χ2v) is 8.88. The van der Waals surface area contributed by atoms with Crippen molar-refractivity contribution in [3.05, 3.63) is 53.5 Å². The van der Waals surface area contributed by atoms with Crippen molar-refractivity contribution >= 4 is 22.7 Å². The first-order valence-electron chi connectivity index (χ1n) is 10.9. The number of aryl methyl sites for hydroxylation is 2. The molecule has 1 aromatic heterocycles. The summed E-state index contributed by atoms with van der Waals surface area (Å²) in [6.45, 7) is 3.54. The van der Waals surface area contributed by atoms with E-state index >= 15 is 0 Å². The molecule has 2 amide bonds. The van der Waals surface area contributed by atoms with E-state index in [4.69, 9.17) is 5.73 Å². The number of benzene rings is 2. The fourth-order valence-corrected chi connectivity index (χ4v) is 4.43. The summed E-state index contributed by atoms with van der Waals surface area (Å²) in [6, 6.07) is 10.6. The molecule has 0 unspecified atom stereocenters. The van der Waals surface area contributed by atoms with Gasteiger partial charge < -0.3 is 15.5 Å². The maximum atomic E-state index is 15.0. The van der Waals surface area contributed by atoms with Gasteiger partial charge in [-0.15, -0.1) is 0 Å². The van der Waals surface area contributed by atoms with Gasteiger partial charge in [0.05, 0.1) is 22.3 Å². The number of amides is 2. The van der Waals surface area contributed by atoms with E-state index < -0.39 is 11.4 Å². The van der Waals surface area contributed by atoms with Crippen LogP contribution >= 0.6 is 0 Å². The minimum atomic E-state index is -0.703. The number of rotatable bonds is 3. The second-order valence-electron chi connectivity index (χ2n) is 8.88. The maximum absolute atomic E-state index is 15.0. The molecule has 1 aliphatic heterocycles. The molecule has 0 atom stereocenters. The standard InChI is InChI=1S/C24H26FN5O2/c1-15-19-13-16(4-6-21(19)28(2)27-15)17-3-5-18(20(25)14-17)22(31)29-9-11-30(12-10-29)23(32)24(26)7-8-24/h3-6,13-14H,7-12,26H2,1-2H3. The molecule has 0 spiro atoms. The predicted molar refractivity (Wildman–Crippen MR) is 119 cm³/mol. The van der Waals surface area contributed by atoms with E-state index in [9.17, 15) is 14.0 Å². The van der Waals surface area contributed by atoms with Crippen molar-refractivity contribution in [2.24, 2.45) is 12.8 Å². The summed E-state index contributed by atoms with van der Waals surface area (Å²) in [6.07, 6.45) is 1.44. The first-order chi connectivity index (χ1) is 15.3. The van der Waals surface area contributed by atoms with Crippen LogP contribution in [0.5, 0.6) is 0 Å². The lowest BCUT2D eigenvalue weighted by Crippen LogP contribution is -2.55. The number of aromatic nitrogens is 2. The number of piperazine rings is 1. The molecule has 0 radical (unpaired) electrons. The molecule has 2 N–H and O–H groups in total. The van der Waals surface area contributed by atoms with Crippen LogP contribution in [-0.2, 0) is 11.8 Å². The molecule has 3 aromatic rings. The van der Waals surface area contributed by atoms with Crippen molar-refractivity contribution in [3.8, 4) is 11.1 Å². The molecule has 0 bridgehead atoms. The Balaban J connectivity index is 1.32. The quantitative estimate of drug-likeness (QED) is 0.685. The molecule has 7 nitrogen and oxygen atoms in total. The molecular weight excluding hydrogens is 409 g/mol. The van der Waals surface area contributed by atoms with Crippen molar-refractivity contribution in [2.45, 2.75) is 25.3 Å². The van der Waals surface area contributed by atoms with E-state index in [1.54, 1.807) is 21.9 Å². The molecule has 32 heavy (non-hydrogen) atoms. The lowest BCUT2D eigenvalue weighted by atomic mass is 10.0. The van der Waals surface area contributed by atoms with Gasteiger partial charge in [0.25, 0.3) is 5.91 Å². The van der Waals surface area contributed by atoms with E-state index in [1.807, 2.05) is 36.9 Å². The molecule has 2 aliphatic rings. The summed E-state index contributed by atoms with van der Waals surface area (Å²) in [5, 5.41) is 5.44. The Hall–Kier alpha value is -3.26. The van der Waals surface area contributed by atoms with Crippen molar-refractivity contribution in [1.29, 1.82) is 0 Å². The van der Waals surface area contributed by atoms with Gasteiger partial charge in [0, 0.05) is 38.6 Å². The summed E-state index contributed by atoms with van der Waals surface area (Å²) >= 11 is 0. The monoisotopic (exact) mass is 435 g/mol. The average Bonchev–Trinajstić information content (AvgIpc) is 3.49. The number of fused-ring (bicyclic) bond motifs is 1. The van der Waals surface area contributed by atoms with Gasteiger partial charge in [-0.3, -0.25) is 14.3 Å². The first kappa shape index (κ1) is 20.6. The minimum absolute atomic E-state index is 0.0408. The van der Waals surface area contributed by atoms with Crippen LogP contribution in [-0.4, -0.2) is 63.1 Å². The van der Waals surface area contributed by atoms with Gasteiger partial charge >= 0.3 is 0 Å². The number of nitrogens with zero attached hydrogens (tertiary/aromatic N) is 4. The Kier molecular flexibility index (Phi) is 4.78. The number of carbonyl (C=O) groups excluding carboxylic acids is 2. The summed E-state index contributed by atoms with van der Waals surface area (Å²) in [5.41, 5.74) is 8.85. The van der Waals surface area contributed by atoms with Crippen LogP contribution in [0.25, 0.3) is 22.0 Å². The van der Waals surface area contributed by atoms with Crippen LogP contribution in [0.1, 0.15) is 28.9 Å². The molecule has 8 heteroatoms. The van der Waals surface area contributed by atoms with Gasteiger partial charge in [0.15, 0.2) is 0 Å². The van der Waals surface area contributed by atoms with E-state index in [0.717, 1.165) is 35.0 Å². The van der Waals surface area contributed by atoms with E-state index in [-0.39, 0.29) is 17.4 Å². The molecule has 166 valence electrons. The van der Waals surface area contributed by atoms with Crippen LogP contribution in [0.2, 0.25) is 0 Å². The average molecular weight is 436 g/mol. The highest BCUT2D eigenvalue weighted by atomic mass is 19.1. The fourth-order valence-electron chi connectivity index (χ4n) is 4.43. The zero-order valence-corrected chi connectivity index (χ0v) is 18.3. The summed E-state index contributed by atoms with van der Waals surface area (Å²) in [5.74, 6) is -0.942. The number of hydrogen-bond donors (Lipinski definition) is 1. The summed E-state index contributed by atoms with van der Waals surface area (Å²) in [4.78, 5) is 28.6. The lowest BCUT2D eigenvalue weighted by Gasteiger charge is -2.36. The highest BCUT2D eigenvalue weighted by Gasteiger charge is 2.48. The van der Waals surface area contributed by atoms with E-state index in [1.165, 1.54) is 6.07 Å². The molecule has 1 saturated heterocycles. The third-order valence-corrected chi connectivity index (χ3v) is 6.64. The fraction of sp³-hybridized carbons (Fsp3) is 0.375. The summed E-state index contributed by atoms with van der Waals surface area (Å²) < 4.78 is 16.8. The van der Waals surface area contributed by atoms with Gasteiger partial charge in [-0.1, -0.05) is 12.1 Å².